The third kappa shape index (κ3) is 8.39. The number of carbonyl (C=O) groups is 1. The lowest BCUT2D eigenvalue weighted by atomic mass is 10.3. The van der Waals surface area contributed by atoms with E-state index < -0.39 is 0 Å². The maximum Gasteiger partial charge on any atom is 0.224 e. The summed E-state index contributed by atoms with van der Waals surface area (Å²) in [6.45, 7) is 7.23. The van der Waals surface area contributed by atoms with Crippen LogP contribution in [-0.4, -0.2) is 56.7 Å². The van der Waals surface area contributed by atoms with Crippen molar-refractivity contribution in [2.75, 3.05) is 39.9 Å². The molecule has 0 spiro atoms. The molecule has 4 N–H and O–H groups in total. The highest BCUT2D eigenvalue weighted by atomic mass is 16.5. The number of amides is 1. The average Bonchev–Trinajstić information content (AvgIpc) is 2.42. The van der Waals surface area contributed by atoms with Gasteiger partial charge in [-0.15, -0.1) is 0 Å². The Hall–Kier alpha value is -1.34. The molecular weight excluding hydrogens is 246 g/mol. The fraction of sp³-hybridized carbons (Fsp3) is 0.833. The van der Waals surface area contributed by atoms with Gasteiger partial charge in [0.15, 0.2) is 0 Å². The second-order valence-corrected chi connectivity index (χ2v) is 3.96. The van der Waals surface area contributed by atoms with Crippen LogP contribution in [0.3, 0.4) is 0 Å². The lowest BCUT2D eigenvalue weighted by Gasteiger charge is -2.18. The van der Waals surface area contributed by atoms with Crippen LogP contribution in [0.5, 0.6) is 0 Å². The highest BCUT2D eigenvalue weighted by Crippen LogP contribution is 1.92. The van der Waals surface area contributed by atoms with Crippen LogP contribution in [0.4, 0.5) is 0 Å². The molecule has 0 atom stereocenters. The molecule has 0 unspecified atom stereocenters. The molecule has 0 aromatic carbocycles. The molecule has 7 heteroatoms. The number of aliphatic imine (C=N–C) groups is 1. The van der Waals surface area contributed by atoms with E-state index in [1.165, 1.54) is 0 Å². The first-order valence-electron chi connectivity index (χ1n) is 6.71. The lowest BCUT2D eigenvalue weighted by molar-refractivity contribution is -0.130. The molecule has 0 saturated heterocycles. The van der Waals surface area contributed by atoms with Crippen LogP contribution >= 0.6 is 0 Å². The Balaban J connectivity index is 3.91. The fourth-order valence-electron chi connectivity index (χ4n) is 1.57. The number of guanidine groups is 1. The van der Waals surface area contributed by atoms with Gasteiger partial charge in [-0.2, -0.15) is 0 Å². The minimum Gasteiger partial charge on any atom is -0.385 e. The molecule has 0 aromatic heterocycles. The summed E-state index contributed by atoms with van der Waals surface area (Å²) < 4.78 is 4.93. The van der Waals surface area contributed by atoms with Crippen LogP contribution in [0.25, 0.3) is 0 Å². The van der Waals surface area contributed by atoms with Gasteiger partial charge in [-0.05, 0) is 20.3 Å². The van der Waals surface area contributed by atoms with Crippen molar-refractivity contribution in [3.05, 3.63) is 0 Å². The number of methoxy groups -OCH3 is 1. The van der Waals surface area contributed by atoms with Gasteiger partial charge in [0.25, 0.3) is 0 Å². The first kappa shape index (κ1) is 17.7. The highest BCUT2D eigenvalue weighted by Gasteiger charge is 2.08. The number of ether oxygens (including phenoxy) is 1. The van der Waals surface area contributed by atoms with Crippen LogP contribution in [0.1, 0.15) is 26.7 Å². The molecule has 0 heterocycles. The van der Waals surface area contributed by atoms with Gasteiger partial charge in [0, 0.05) is 46.3 Å². The average molecular weight is 273 g/mol. The van der Waals surface area contributed by atoms with Gasteiger partial charge in [0.05, 0.1) is 0 Å². The fourth-order valence-corrected chi connectivity index (χ4v) is 1.57. The van der Waals surface area contributed by atoms with Gasteiger partial charge in [-0.3, -0.25) is 15.2 Å². The predicted molar refractivity (Wildman–Crippen MR) is 76.7 cm³/mol. The molecule has 0 saturated carbocycles. The Morgan fingerprint density at radius 2 is 2.05 bits per heavy atom. The van der Waals surface area contributed by atoms with Crippen LogP contribution in [-0.2, 0) is 9.53 Å². The summed E-state index contributed by atoms with van der Waals surface area (Å²) in [4.78, 5) is 17.8. The Kier molecular flexibility index (Phi) is 10.9. The summed E-state index contributed by atoms with van der Waals surface area (Å²) in [7, 11) is 1.66. The lowest BCUT2D eigenvalue weighted by Crippen LogP contribution is -2.43. The van der Waals surface area contributed by atoms with Gasteiger partial charge >= 0.3 is 0 Å². The summed E-state index contributed by atoms with van der Waals surface area (Å²) in [5.74, 6) is 5.98. The van der Waals surface area contributed by atoms with Crippen molar-refractivity contribution in [2.24, 2.45) is 10.8 Å². The van der Waals surface area contributed by atoms with Gasteiger partial charge in [-0.25, -0.2) is 5.84 Å². The number of carbonyl (C=O) groups excluding carboxylic acids is 1. The monoisotopic (exact) mass is 273 g/mol. The van der Waals surface area contributed by atoms with Crippen molar-refractivity contribution in [2.45, 2.75) is 26.7 Å². The van der Waals surface area contributed by atoms with Crippen molar-refractivity contribution in [3.8, 4) is 0 Å². The van der Waals surface area contributed by atoms with Gasteiger partial charge in [0.1, 0.15) is 0 Å². The minimum atomic E-state index is 0.133. The van der Waals surface area contributed by atoms with E-state index in [2.05, 4.69) is 15.7 Å². The molecule has 19 heavy (non-hydrogen) atoms. The van der Waals surface area contributed by atoms with E-state index in [0.717, 1.165) is 19.5 Å². The molecule has 0 radical (unpaired) electrons. The topological polar surface area (TPSA) is 92.0 Å². The van der Waals surface area contributed by atoms with Gasteiger partial charge < -0.3 is 15.0 Å². The quantitative estimate of drug-likeness (QED) is 0.176. The standard InChI is InChI=1S/C12H27N5O2/c1-4-17(5-2)11(18)7-9-15-12(16-13)14-8-6-10-19-3/h4-10,13H2,1-3H3,(H2,14,15,16). The Bertz CT molecular complexity index is 267. The van der Waals surface area contributed by atoms with Gasteiger partial charge in [-0.1, -0.05) is 0 Å². The molecule has 0 aliphatic carbocycles. The number of hydrogen-bond acceptors (Lipinski definition) is 4. The molecule has 0 aliphatic heterocycles. The predicted octanol–water partition coefficient (Wildman–Crippen LogP) is -0.310. The number of hydrazine groups is 1. The summed E-state index contributed by atoms with van der Waals surface area (Å²) >= 11 is 0. The molecular formula is C12H27N5O2. The Labute approximate surface area is 115 Å². The van der Waals surface area contributed by atoms with Crippen molar-refractivity contribution >= 4 is 11.9 Å². The SMILES string of the molecule is CCN(CC)C(=O)CCNC(=NCCCOC)NN. The Morgan fingerprint density at radius 3 is 2.58 bits per heavy atom. The van der Waals surface area contributed by atoms with E-state index in [1.807, 2.05) is 13.8 Å². The number of nitrogens with one attached hydrogen (secondary N) is 2. The number of hydrogen-bond donors (Lipinski definition) is 3. The van der Waals surface area contributed by atoms with E-state index in [9.17, 15) is 4.79 Å². The second-order valence-electron chi connectivity index (χ2n) is 3.96. The van der Waals surface area contributed by atoms with Crippen molar-refractivity contribution in [3.63, 3.8) is 0 Å². The van der Waals surface area contributed by atoms with E-state index in [-0.39, 0.29) is 5.91 Å². The number of nitrogens with zero attached hydrogens (tertiary/aromatic N) is 2. The molecule has 7 nitrogen and oxygen atoms in total. The van der Waals surface area contributed by atoms with Crippen molar-refractivity contribution in [1.82, 2.24) is 15.6 Å². The summed E-state index contributed by atoms with van der Waals surface area (Å²) in [5.41, 5.74) is 2.48. The molecule has 1 amide bonds. The van der Waals surface area contributed by atoms with E-state index >= 15 is 0 Å². The third-order valence-electron chi connectivity index (χ3n) is 2.66. The second kappa shape index (κ2) is 11.7. The zero-order valence-corrected chi connectivity index (χ0v) is 12.2. The van der Waals surface area contributed by atoms with E-state index in [4.69, 9.17) is 10.6 Å². The minimum absolute atomic E-state index is 0.133. The maximum atomic E-state index is 11.8. The normalized spacial score (nSPS) is 11.3. The van der Waals surface area contributed by atoms with Gasteiger partial charge in [0.2, 0.25) is 11.9 Å². The van der Waals surface area contributed by atoms with E-state index in [1.54, 1.807) is 12.0 Å². The highest BCUT2D eigenvalue weighted by molar-refractivity contribution is 5.80. The maximum absolute atomic E-state index is 11.8. The van der Waals surface area contributed by atoms with Crippen LogP contribution in [0.2, 0.25) is 0 Å². The summed E-state index contributed by atoms with van der Waals surface area (Å²) in [6.07, 6.45) is 1.27. The molecule has 112 valence electrons. The van der Waals surface area contributed by atoms with Crippen LogP contribution < -0.4 is 16.6 Å². The smallest absolute Gasteiger partial charge is 0.224 e. The zero-order valence-electron chi connectivity index (χ0n) is 12.2. The number of nitrogens with two attached hydrogens (primary N) is 1. The largest absolute Gasteiger partial charge is 0.385 e. The van der Waals surface area contributed by atoms with Crippen molar-refractivity contribution in [1.29, 1.82) is 0 Å². The molecule has 0 aliphatic rings. The summed E-state index contributed by atoms with van der Waals surface area (Å²) in [6, 6.07) is 0. The van der Waals surface area contributed by atoms with Crippen LogP contribution in [0, 0.1) is 0 Å². The summed E-state index contributed by atoms with van der Waals surface area (Å²) in [5, 5.41) is 3.01. The van der Waals surface area contributed by atoms with E-state index in [0.29, 0.717) is 32.1 Å². The molecule has 0 rings (SSSR count). The Morgan fingerprint density at radius 1 is 1.37 bits per heavy atom. The zero-order chi connectivity index (χ0) is 14.5. The number of rotatable bonds is 9. The van der Waals surface area contributed by atoms with Crippen molar-refractivity contribution < 1.29 is 9.53 Å². The first-order chi connectivity index (χ1) is 9.19. The third-order valence-corrected chi connectivity index (χ3v) is 2.66. The molecule has 0 bridgehead atoms. The first-order valence-corrected chi connectivity index (χ1v) is 6.71. The molecule has 0 aromatic rings. The van der Waals surface area contributed by atoms with Crippen LogP contribution in [0.15, 0.2) is 4.99 Å². The molecule has 0 fully saturated rings.